The van der Waals surface area contributed by atoms with Gasteiger partial charge in [0.05, 0.1) is 8.07 Å². The summed E-state index contributed by atoms with van der Waals surface area (Å²) in [5, 5.41) is 0. The lowest BCUT2D eigenvalue weighted by atomic mass is 9.89. The first-order valence-corrected chi connectivity index (χ1v) is 28.4. The smallest absolute Gasteiger partial charge is 0.0690 e. The van der Waals surface area contributed by atoms with E-state index in [1.807, 2.05) is 0 Å². The van der Waals surface area contributed by atoms with Crippen molar-refractivity contribution < 1.29 is 0 Å². The highest BCUT2D eigenvalue weighted by Gasteiger charge is 2.15. The summed E-state index contributed by atoms with van der Waals surface area (Å²) >= 11 is 2.42. The fourth-order valence-electron chi connectivity index (χ4n) is 7.56. The number of hydrogen-bond donors (Lipinski definition) is 0. The first kappa shape index (κ1) is 53.9. The van der Waals surface area contributed by atoms with Crippen molar-refractivity contribution in [1.82, 2.24) is 0 Å². The lowest BCUT2D eigenvalue weighted by Gasteiger charge is -2.19. The molecule has 0 saturated heterocycles. The van der Waals surface area contributed by atoms with Crippen LogP contribution in [-0.2, 0) is 12.8 Å². The highest BCUT2D eigenvalue weighted by atomic mass is 127. The van der Waals surface area contributed by atoms with Crippen molar-refractivity contribution in [2.45, 2.75) is 231 Å². The molecule has 0 aliphatic heterocycles. The highest BCUT2D eigenvalue weighted by molar-refractivity contribution is 14.1. The molecule has 0 radical (unpaired) electrons. The van der Waals surface area contributed by atoms with Crippen LogP contribution >= 0.6 is 22.6 Å². The average molecular weight is 911 g/mol. The first-order chi connectivity index (χ1) is 26.4. The molecule has 57 heavy (non-hydrogen) atoms. The van der Waals surface area contributed by atoms with Crippen molar-refractivity contribution in [3.05, 3.63) is 80.6 Å². The van der Waals surface area contributed by atoms with Gasteiger partial charge in [0.25, 0.3) is 0 Å². The van der Waals surface area contributed by atoms with Crippen molar-refractivity contribution in [2.24, 2.45) is 21.7 Å². The van der Waals surface area contributed by atoms with Gasteiger partial charge in [-0.25, -0.2) is 0 Å². The van der Waals surface area contributed by atoms with Gasteiger partial charge in [0.1, 0.15) is 0 Å². The Bertz CT molecular complexity index is 1410. The normalized spacial score (nSPS) is 13.5. The van der Waals surface area contributed by atoms with Gasteiger partial charge in [-0.1, -0.05) is 231 Å². The standard InChI is InChI=1S/C29H52Si.C26H43I/c1-28(2,3)21-14-10-12-17-25-18-16-20-26(23-25)27(24-30(7,8)9)19-13-11-15-22-29(4,5)6;1-25(2,3)18-11-7-9-14-22-15-13-17-23(20-22)24(21-27)16-10-8-12-19-26(4,5)6/h16,18,20,23-24H,10-15,17,19,21-22H2,1-9H3;13,15,17,20-21H,7-12,14,16,18-19H2,1-6H3/b27-24+;24-21+. The van der Waals surface area contributed by atoms with Gasteiger partial charge < -0.3 is 0 Å². The predicted molar refractivity (Wildman–Crippen MR) is 275 cm³/mol. The third kappa shape index (κ3) is 31.4. The van der Waals surface area contributed by atoms with E-state index in [0.29, 0.717) is 21.7 Å². The number of unbranched alkanes of at least 4 members (excludes halogenated alkanes) is 8. The molecule has 0 nitrogen and oxygen atoms in total. The van der Waals surface area contributed by atoms with Crippen LogP contribution in [0.2, 0.25) is 19.6 Å². The van der Waals surface area contributed by atoms with Crippen molar-refractivity contribution in [2.75, 3.05) is 0 Å². The number of rotatable bonds is 23. The molecular weight excluding hydrogens is 816 g/mol. The molecule has 0 fully saturated rings. The van der Waals surface area contributed by atoms with E-state index in [0.717, 1.165) is 0 Å². The summed E-state index contributed by atoms with van der Waals surface area (Å²) in [7, 11) is -1.23. The second-order valence-corrected chi connectivity index (χ2v) is 29.2. The molecular formula is C55H95ISi. The lowest BCUT2D eigenvalue weighted by Crippen LogP contribution is -2.16. The van der Waals surface area contributed by atoms with Gasteiger partial charge in [0.2, 0.25) is 0 Å². The minimum atomic E-state index is -1.23. The Morgan fingerprint density at radius 1 is 0.456 bits per heavy atom. The number of benzene rings is 2. The molecule has 2 heteroatoms. The van der Waals surface area contributed by atoms with Crippen molar-refractivity contribution >= 4 is 41.8 Å². The summed E-state index contributed by atoms with van der Waals surface area (Å²) in [4.78, 5) is 0. The van der Waals surface area contributed by atoms with E-state index in [2.05, 4.69) is 184 Å². The van der Waals surface area contributed by atoms with Gasteiger partial charge >= 0.3 is 0 Å². The van der Waals surface area contributed by atoms with E-state index < -0.39 is 8.07 Å². The van der Waals surface area contributed by atoms with E-state index in [1.165, 1.54) is 156 Å². The maximum Gasteiger partial charge on any atom is 0.0690 e. The Hall–Kier alpha value is -1.13. The SMILES string of the molecule is CC(C)(C)CCCCC/C(=C\I)c1cccc(CCCCCC(C)(C)C)c1.CC(C)(C)CCCCC/C(=C\[Si](C)(C)C)c1cccc(CCCCCC(C)(C)C)c1. The molecule has 2 aromatic rings. The van der Waals surface area contributed by atoms with Gasteiger partial charge in [0.15, 0.2) is 0 Å². The zero-order chi connectivity index (χ0) is 43.2. The Balaban J connectivity index is 0.000000573. The van der Waals surface area contributed by atoms with E-state index in [1.54, 1.807) is 5.57 Å². The van der Waals surface area contributed by atoms with E-state index >= 15 is 0 Å². The fraction of sp³-hybridized carbons (Fsp3) is 0.709. The molecule has 0 spiro atoms. The topological polar surface area (TPSA) is 0 Å². The Morgan fingerprint density at radius 2 is 0.789 bits per heavy atom. The molecule has 0 atom stereocenters. The van der Waals surface area contributed by atoms with Crippen molar-refractivity contribution in [3.8, 4) is 0 Å². The van der Waals surface area contributed by atoms with Crippen LogP contribution in [0, 0.1) is 21.7 Å². The molecule has 0 N–H and O–H groups in total. The zero-order valence-corrected chi connectivity index (χ0v) is 44.0. The molecule has 0 aromatic heterocycles. The van der Waals surface area contributed by atoms with Crippen molar-refractivity contribution in [3.63, 3.8) is 0 Å². The van der Waals surface area contributed by atoms with Crippen LogP contribution in [0.1, 0.15) is 221 Å². The molecule has 326 valence electrons. The van der Waals surface area contributed by atoms with Crippen LogP contribution in [-0.4, -0.2) is 8.07 Å². The third-order valence-electron chi connectivity index (χ3n) is 10.9. The maximum absolute atomic E-state index is 2.65. The average Bonchev–Trinajstić information content (AvgIpc) is 3.07. The molecule has 0 amide bonds. The second-order valence-electron chi connectivity index (χ2n) is 23.6. The summed E-state index contributed by atoms with van der Waals surface area (Å²) in [6, 6.07) is 18.8. The monoisotopic (exact) mass is 911 g/mol. The quantitative estimate of drug-likeness (QED) is 0.0592. The maximum atomic E-state index is 2.65. The molecule has 0 bridgehead atoms. The largest absolute Gasteiger partial charge is 0.0913 e. The Kier molecular flexibility index (Phi) is 25.5. The van der Waals surface area contributed by atoms with E-state index in [9.17, 15) is 0 Å². The summed E-state index contributed by atoms with van der Waals surface area (Å²) in [5.41, 5.74) is 13.6. The molecule has 0 aliphatic rings. The minimum absolute atomic E-state index is 0.470. The van der Waals surface area contributed by atoms with Gasteiger partial charge in [0, 0.05) is 0 Å². The highest BCUT2D eigenvalue weighted by Crippen LogP contribution is 2.30. The molecule has 0 unspecified atom stereocenters. The molecule has 2 rings (SSSR count). The van der Waals surface area contributed by atoms with Gasteiger partial charge in [-0.15, -0.1) is 0 Å². The molecule has 0 heterocycles. The summed E-state index contributed by atoms with van der Waals surface area (Å²) in [6.45, 7) is 35.6. The van der Waals surface area contributed by atoms with Crippen LogP contribution < -0.4 is 0 Å². The number of aryl methyl sites for hydroxylation is 2. The lowest BCUT2D eigenvalue weighted by molar-refractivity contribution is 0.358. The van der Waals surface area contributed by atoms with Gasteiger partial charge in [-0.2, -0.15) is 0 Å². The molecule has 2 aromatic carbocycles. The number of allylic oxidation sites excluding steroid dienone is 2. The summed E-state index contributed by atoms with van der Waals surface area (Å²) in [5.74, 6) is 0. The minimum Gasteiger partial charge on any atom is -0.0913 e. The van der Waals surface area contributed by atoms with Gasteiger partial charge in [-0.3, -0.25) is 0 Å². The predicted octanol–water partition coefficient (Wildman–Crippen LogP) is 19.7. The first-order valence-electron chi connectivity index (χ1n) is 23.6. The fourth-order valence-corrected chi connectivity index (χ4v) is 9.58. The van der Waals surface area contributed by atoms with E-state index in [-0.39, 0.29) is 0 Å². The number of hydrogen-bond acceptors (Lipinski definition) is 0. The Labute approximate surface area is 372 Å². The molecule has 0 aliphatic carbocycles. The zero-order valence-electron chi connectivity index (χ0n) is 40.8. The Morgan fingerprint density at radius 3 is 1.12 bits per heavy atom. The summed E-state index contributed by atoms with van der Waals surface area (Å²) < 4.78 is 2.30. The van der Waals surface area contributed by atoms with Crippen molar-refractivity contribution in [1.29, 1.82) is 0 Å². The van der Waals surface area contributed by atoms with Crippen LogP contribution in [0.25, 0.3) is 11.1 Å². The third-order valence-corrected chi connectivity index (χ3v) is 12.8. The van der Waals surface area contributed by atoms with Gasteiger partial charge in [-0.05, 0) is 136 Å². The van der Waals surface area contributed by atoms with E-state index in [4.69, 9.17) is 0 Å². The second kappa shape index (κ2) is 26.9. The number of halogens is 1. The van der Waals surface area contributed by atoms with Crippen LogP contribution in [0.3, 0.4) is 0 Å². The molecule has 0 saturated carbocycles. The van der Waals surface area contributed by atoms with Crippen LogP contribution in [0.4, 0.5) is 0 Å². The van der Waals surface area contributed by atoms with Crippen LogP contribution in [0.15, 0.2) is 58.3 Å². The van der Waals surface area contributed by atoms with Crippen LogP contribution in [0.5, 0.6) is 0 Å². The summed E-state index contributed by atoms with van der Waals surface area (Å²) in [6.07, 6.45) is 26.3.